The average Bonchev–Trinajstić information content (AvgIpc) is 2.55. The second-order valence-electron chi connectivity index (χ2n) is 2.15. The van der Waals surface area contributed by atoms with Gasteiger partial charge in [-0.3, -0.25) is 14.6 Å². The average molecular weight is 170 g/mol. The molecule has 0 unspecified atom stereocenters. The summed E-state index contributed by atoms with van der Waals surface area (Å²) in [4.78, 5) is 20.7. The Morgan fingerprint density at radius 3 is 3.18 bits per heavy atom. The van der Waals surface area contributed by atoms with Gasteiger partial charge in [-0.2, -0.15) is 0 Å². The molecule has 0 aromatic carbocycles. The molecule has 2 rings (SSSR count). The van der Waals surface area contributed by atoms with Crippen LogP contribution >= 0.6 is 11.8 Å². The molecule has 0 aliphatic carbocycles. The van der Waals surface area contributed by atoms with Gasteiger partial charge in [0.05, 0.1) is 11.4 Å². The van der Waals surface area contributed by atoms with Gasteiger partial charge in [0.2, 0.25) is 0 Å². The Morgan fingerprint density at radius 1 is 1.73 bits per heavy atom. The number of allylic oxidation sites excluding steroid dienone is 1. The highest BCUT2D eigenvalue weighted by Gasteiger charge is 2.22. The van der Waals surface area contributed by atoms with E-state index in [2.05, 4.69) is 10.5 Å². The summed E-state index contributed by atoms with van der Waals surface area (Å²) in [7, 11) is 0. The second kappa shape index (κ2) is 2.67. The van der Waals surface area contributed by atoms with Crippen LogP contribution in [0.3, 0.4) is 0 Å². The lowest BCUT2D eigenvalue weighted by Crippen LogP contribution is -2.13. The Kier molecular flexibility index (Phi) is 1.67. The molecule has 0 aromatic rings. The maximum atomic E-state index is 11.0. The molecule has 0 aromatic heterocycles. The quantitative estimate of drug-likeness (QED) is 0.524. The number of nitrogens with one attached hydrogen (secondary N) is 1. The monoisotopic (exact) mass is 170 g/mol. The molecule has 2 aliphatic rings. The van der Waals surface area contributed by atoms with Crippen LogP contribution in [0.25, 0.3) is 0 Å². The SMILES string of the molecule is O=C1NOCC1=C1C=NCS1. The molecule has 0 atom stereocenters. The summed E-state index contributed by atoms with van der Waals surface area (Å²) >= 11 is 1.56. The highest BCUT2D eigenvalue weighted by atomic mass is 32.2. The third-order valence-corrected chi connectivity index (χ3v) is 2.40. The van der Waals surface area contributed by atoms with Gasteiger partial charge in [-0.25, -0.2) is 5.48 Å². The molecule has 2 heterocycles. The molecule has 5 heteroatoms. The van der Waals surface area contributed by atoms with Crippen molar-refractivity contribution in [3.05, 3.63) is 10.5 Å². The number of nitrogens with zero attached hydrogens (tertiary/aromatic N) is 1. The van der Waals surface area contributed by atoms with Gasteiger partial charge >= 0.3 is 0 Å². The van der Waals surface area contributed by atoms with E-state index in [4.69, 9.17) is 4.84 Å². The van der Waals surface area contributed by atoms with E-state index in [1.54, 1.807) is 18.0 Å². The zero-order valence-corrected chi connectivity index (χ0v) is 6.48. The standard InChI is InChI=1S/C6H6N2O2S/c9-6-4(2-10-8-6)5-1-7-3-11-5/h1H,2-3H2,(H,8,9). The van der Waals surface area contributed by atoms with Crippen LogP contribution in [0.5, 0.6) is 0 Å². The van der Waals surface area contributed by atoms with Crippen molar-refractivity contribution in [1.29, 1.82) is 0 Å². The maximum Gasteiger partial charge on any atom is 0.274 e. The zero-order chi connectivity index (χ0) is 7.68. The Balaban J connectivity index is 2.30. The van der Waals surface area contributed by atoms with E-state index in [1.807, 2.05) is 0 Å². The minimum Gasteiger partial charge on any atom is -0.281 e. The first-order chi connectivity index (χ1) is 5.38. The van der Waals surface area contributed by atoms with Crippen molar-refractivity contribution in [2.45, 2.75) is 0 Å². The fourth-order valence-electron chi connectivity index (χ4n) is 0.913. The van der Waals surface area contributed by atoms with Gasteiger partial charge in [0.15, 0.2) is 0 Å². The first-order valence-corrected chi connectivity index (χ1v) is 4.14. The van der Waals surface area contributed by atoms with Gasteiger partial charge in [0.1, 0.15) is 6.61 Å². The number of amides is 1. The van der Waals surface area contributed by atoms with E-state index in [0.29, 0.717) is 18.1 Å². The van der Waals surface area contributed by atoms with E-state index in [1.165, 1.54) is 0 Å². The summed E-state index contributed by atoms with van der Waals surface area (Å²) in [5.41, 5.74) is 2.97. The lowest BCUT2D eigenvalue weighted by Gasteiger charge is -1.92. The third kappa shape index (κ3) is 1.17. The molecule has 0 saturated carbocycles. The van der Waals surface area contributed by atoms with Gasteiger partial charge in [0, 0.05) is 11.1 Å². The Bertz CT molecular complexity index is 259. The van der Waals surface area contributed by atoms with E-state index >= 15 is 0 Å². The van der Waals surface area contributed by atoms with Crippen LogP contribution in [0.2, 0.25) is 0 Å². The Labute approximate surface area is 67.7 Å². The minimum atomic E-state index is -0.138. The number of thioether (sulfide) groups is 1. The molecular formula is C6H6N2O2S. The third-order valence-electron chi connectivity index (χ3n) is 1.46. The van der Waals surface area contributed by atoms with E-state index in [-0.39, 0.29) is 5.91 Å². The molecule has 11 heavy (non-hydrogen) atoms. The summed E-state index contributed by atoms with van der Waals surface area (Å²) in [5, 5.41) is 0. The smallest absolute Gasteiger partial charge is 0.274 e. The molecule has 2 aliphatic heterocycles. The summed E-state index contributed by atoms with van der Waals surface area (Å²) in [6.45, 7) is 0.354. The summed E-state index contributed by atoms with van der Waals surface area (Å²) < 4.78 is 0. The fourth-order valence-corrected chi connectivity index (χ4v) is 1.68. The number of carbonyl (C=O) groups excluding carboxylic acids is 1. The first kappa shape index (κ1) is 6.87. The van der Waals surface area contributed by atoms with Crippen molar-refractivity contribution in [2.75, 3.05) is 12.5 Å². The summed E-state index contributed by atoms with van der Waals surface area (Å²) in [6, 6.07) is 0. The fraction of sp³-hybridized carbons (Fsp3) is 0.333. The molecule has 1 fully saturated rings. The largest absolute Gasteiger partial charge is 0.281 e. The van der Waals surface area contributed by atoms with Crippen LogP contribution in [-0.2, 0) is 9.63 Å². The lowest BCUT2D eigenvalue weighted by molar-refractivity contribution is -0.122. The van der Waals surface area contributed by atoms with E-state index in [0.717, 1.165) is 4.91 Å². The van der Waals surface area contributed by atoms with Crippen molar-refractivity contribution in [2.24, 2.45) is 4.99 Å². The Hall–Kier alpha value is -0.810. The second-order valence-corrected chi connectivity index (χ2v) is 3.13. The number of hydrogen-bond donors (Lipinski definition) is 1. The topological polar surface area (TPSA) is 50.7 Å². The predicted octanol–water partition coefficient (Wildman–Crippen LogP) is 0.0770. The number of aliphatic imine (C=N–C) groups is 1. The normalized spacial score (nSPS) is 29.6. The number of hydrogen-bond acceptors (Lipinski definition) is 4. The zero-order valence-electron chi connectivity index (χ0n) is 5.66. The van der Waals surface area contributed by atoms with Crippen LogP contribution in [0, 0.1) is 0 Å². The van der Waals surface area contributed by atoms with Gasteiger partial charge in [-0.15, -0.1) is 11.8 Å². The molecule has 58 valence electrons. The van der Waals surface area contributed by atoms with Crippen molar-refractivity contribution in [3.63, 3.8) is 0 Å². The first-order valence-electron chi connectivity index (χ1n) is 3.16. The molecule has 1 saturated heterocycles. The van der Waals surface area contributed by atoms with Crippen molar-refractivity contribution >= 4 is 23.9 Å². The maximum absolute atomic E-state index is 11.0. The highest BCUT2D eigenvalue weighted by Crippen LogP contribution is 2.24. The van der Waals surface area contributed by atoms with Gasteiger partial charge in [-0.05, 0) is 0 Å². The lowest BCUT2D eigenvalue weighted by atomic mass is 10.3. The van der Waals surface area contributed by atoms with Gasteiger partial charge in [-0.1, -0.05) is 0 Å². The van der Waals surface area contributed by atoms with Crippen LogP contribution in [-0.4, -0.2) is 24.6 Å². The van der Waals surface area contributed by atoms with Crippen LogP contribution in [0.4, 0.5) is 0 Å². The van der Waals surface area contributed by atoms with Crippen molar-refractivity contribution in [1.82, 2.24) is 5.48 Å². The van der Waals surface area contributed by atoms with Crippen molar-refractivity contribution in [3.8, 4) is 0 Å². The minimum absolute atomic E-state index is 0.138. The van der Waals surface area contributed by atoms with E-state index < -0.39 is 0 Å². The van der Waals surface area contributed by atoms with Crippen LogP contribution in [0.15, 0.2) is 15.5 Å². The molecule has 1 N–H and O–H groups in total. The molecule has 0 bridgehead atoms. The van der Waals surface area contributed by atoms with E-state index in [9.17, 15) is 4.79 Å². The molecule has 0 spiro atoms. The molecule has 1 amide bonds. The number of carbonyl (C=O) groups is 1. The molecule has 0 radical (unpaired) electrons. The highest BCUT2D eigenvalue weighted by molar-refractivity contribution is 8.04. The predicted molar refractivity (Wildman–Crippen MR) is 42.1 cm³/mol. The van der Waals surface area contributed by atoms with Crippen LogP contribution < -0.4 is 5.48 Å². The van der Waals surface area contributed by atoms with Gasteiger partial charge < -0.3 is 0 Å². The summed E-state index contributed by atoms with van der Waals surface area (Å²) in [5.74, 6) is 0.576. The van der Waals surface area contributed by atoms with Crippen LogP contribution in [0.1, 0.15) is 0 Å². The van der Waals surface area contributed by atoms with Crippen molar-refractivity contribution < 1.29 is 9.63 Å². The summed E-state index contributed by atoms with van der Waals surface area (Å²) in [6.07, 6.45) is 1.72. The number of hydroxylamine groups is 1. The molecule has 4 nitrogen and oxygen atoms in total. The Morgan fingerprint density at radius 2 is 2.64 bits per heavy atom. The number of rotatable bonds is 0. The molecular weight excluding hydrogens is 164 g/mol. The van der Waals surface area contributed by atoms with Gasteiger partial charge in [0.25, 0.3) is 5.91 Å².